The quantitative estimate of drug-likeness (QED) is 0.394. The molecule has 0 spiro atoms. The number of nitrogens with two attached hydrogens (primary N) is 1. The molecule has 6 nitrogen and oxygen atoms in total. The van der Waals surface area contributed by atoms with Gasteiger partial charge in [-0.25, -0.2) is 4.98 Å². The van der Waals surface area contributed by atoms with Crippen LogP contribution >= 0.6 is 0 Å². The summed E-state index contributed by atoms with van der Waals surface area (Å²) < 4.78 is 0. The van der Waals surface area contributed by atoms with Gasteiger partial charge in [0.15, 0.2) is 5.78 Å². The van der Waals surface area contributed by atoms with Gasteiger partial charge in [0, 0.05) is 54.3 Å². The highest BCUT2D eigenvalue weighted by Crippen LogP contribution is 2.33. The molecule has 2 heterocycles. The fourth-order valence-corrected chi connectivity index (χ4v) is 3.57. The first-order valence-corrected chi connectivity index (χ1v) is 9.56. The number of nitrogen functional groups attached to an aromatic ring is 1. The summed E-state index contributed by atoms with van der Waals surface area (Å²) in [5.74, 6) is -0.143. The smallest absolute Gasteiger partial charge is 0.255 e. The second-order valence-electron chi connectivity index (χ2n) is 7.43. The van der Waals surface area contributed by atoms with E-state index in [-0.39, 0.29) is 11.7 Å². The molecule has 30 heavy (non-hydrogen) atoms. The fourth-order valence-electron chi connectivity index (χ4n) is 3.57. The van der Waals surface area contributed by atoms with E-state index in [0.29, 0.717) is 16.8 Å². The van der Waals surface area contributed by atoms with Gasteiger partial charge in [0.05, 0.1) is 5.56 Å². The molecule has 6 heteroatoms. The molecule has 0 fully saturated rings. The second-order valence-corrected chi connectivity index (χ2v) is 7.43. The summed E-state index contributed by atoms with van der Waals surface area (Å²) in [6.07, 6.45) is 3.63. The zero-order chi connectivity index (χ0) is 21.4. The fraction of sp³-hybridized carbons (Fsp3) is 0.125. The number of nitrogens with zero attached hydrogens (tertiary/aromatic N) is 2. The largest absolute Gasteiger partial charge is 0.398 e. The molecule has 4 rings (SSSR count). The van der Waals surface area contributed by atoms with Crippen molar-refractivity contribution in [2.45, 2.75) is 6.92 Å². The van der Waals surface area contributed by atoms with E-state index in [1.165, 1.54) is 4.90 Å². The number of H-pyrrole nitrogens is 1. The van der Waals surface area contributed by atoms with Crippen molar-refractivity contribution in [1.29, 1.82) is 0 Å². The molecule has 0 radical (unpaired) electrons. The molecule has 0 saturated heterocycles. The van der Waals surface area contributed by atoms with E-state index >= 15 is 0 Å². The Morgan fingerprint density at radius 2 is 1.73 bits per heavy atom. The van der Waals surface area contributed by atoms with Gasteiger partial charge in [-0.1, -0.05) is 30.3 Å². The number of aromatic nitrogens is 2. The van der Waals surface area contributed by atoms with Gasteiger partial charge in [-0.15, -0.1) is 0 Å². The minimum absolute atomic E-state index is 0.00874. The number of carbonyl (C=O) groups is 2. The molecule has 0 saturated carbocycles. The van der Waals surface area contributed by atoms with E-state index < -0.39 is 0 Å². The number of carbonyl (C=O) groups excluding carboxylic acids is 2. The number of anilines is 1. The number of fused-ring (bicyclic) bond motifs is 1. The van der Waals surface area contributed by atoms with Crippen LogP contribution in [0.3, 0.4) is 0 Å². The molecule has 0 aliphatic rings. The lowest BCUT2D eigenvalue weighted by molar-refractivity contribution is 0.0828. The number of hydrogen-bond acceptors (Lipinski definition) is 4. The van der Waals surface area contributed by atoms with Gasteiger partial charge >= 0.3 is 0 Å². The molecule has 2 aromatic heterocycles. The van der Waals surface area contributed by atoms with Gasteiger partial charge in [0.2, 0.25) is 0 Å². The van der Waals surface area contributed by atoms with Crippen LogP contribution in [0.1, 0.15) is 27.6 Å². The van der Waals surface area contributed by atoms with E-state index in [2.05, 4.69) is 9.97 Å². The topological polar surface area (TPSA) is 92.1 Å². The first-order valence-electron chi connectivity index (χ1n) is 9.56. The maximum absolute atomic E-state index is 12.5. The molecule has 2 aromatic carbocycles. The van der Waals surface area contributed by atoms with Crippen LogP contribution in [0.25, 0.3) is 33.3 Å². The summed E-state index contributed by atoms with van der Waals surface area (Å²) in [6.45, 7) is 1.56. The summed E-state index contributed by atoms with van der Waals surface area (Å²) in [7, 11) is 3.39. The average molecular weight is 398 g/mol. The lowest BCUT2D eigenvalue weighted by Gasteiger charge is -2.13. The van der Waals surface area contributed by atoms with Gasteiger partial charge in [-0.3, -0.25) is 9.59 Å². The monoisotopic (exact) mass is 398 g/mol. The van der Waals surface area contributed by atoms with E-state index in [9.17, 15) is 9.59 Å². The van der Waals surface area contributed by atoms with Gasteiger partial charge in [-0.05, 0) is 36.2 Å². The Bertz CT molecular complexity index is 1290. The highest BCUT2D eigenvalue weighted by Gasteiger charge is 2.16. The maximum atomic E-state index is 12.5. The number of pyridine rings is 1. The van der Waals surface area contributed by atoms with E-state index in [4.69, 9.17) is 5.73 Å². The Morgan fingerprint density at radius 3 is 2.47 bits per heavy atom. The second kappa shape index (κ2) is 7.48. The molecule has 0 aliphatic carbocycles. The van der Waals surface area contributed by atoms with Crippen molar-refractivity contribution in [3.8, 4) is 22.3 Å². The number of rotatable bonds is 4. The third-order valence-corrected chi connectivity index (χ3v) is 5.15. The van der Waals surface area contributed by atoms with E-state index in [0.717, 1.165) is 33.3 Å². The van der Waals surface area contributed by atoms with Crippen molar-refractivity contribution < 1.29 is 9.59 Å². The van der Waals surface area contributed by atoms with Gasteiger partial charge in [-0.2, -0.15) is 0 Å². The predicted molar refractivity (Wildman–Crippen MR) is 119 cm³/mol. The van der Waals surface area contributed by atoms with Crippen LogP contribution in [-0.4, -0.2) is 40.7 Å². The lowest BCUT2D eigenvalue weighted by Crippen LogP contribution is -2.22. The first kappa shape index (κ1) is 19.4. The number of aromatic amines is 1. The highest BCUT2D eigenvalue weighted by atomic mass is 16.2. The van der Waals surface area contributed by atoms with Gasteiger partial charge in [0.1, 0.15) is 5.65 Å². The molecule has 0 unspecified atom stereocenters. The average Bonchev–Trinajstić information content (AvgIpc) is 3.16. The summed E-state index contributed by atoms with van der Waals surface area (Å²) in [5.41, 5.74) is 11.8. The third kappa shape index (κ3) is 3.33. The Hall–Kier alpha value is -3.93. The van der Waals surface area contributed by atoms with Crippen LogP contribution in [0.2, 0.25) is 0 Å². The Balaban J connectivity index is 1.86. The van der Waals surface area contributed by atoms with Crippen molar-refractivity contribution in [2.24, 2.45) is 0 Å². The third-order valence-electron chi connectivity index (χ3n) is 5.15. The van der Waals surface area contributed by atoms with Crippen molar-refractivity contribution in [3.63, 3.8) is 0 Å². The van der Waals surface area contributed by atoms with Crippen LogP contribution in [0.15, 0.2) is 60.9 Å². The zero-order valence-corrected chi connectivity index (χ0v) is 17.1. The molecule has 1 amide bonds. The summed E-state index contributed by atoms with van der Waals surface area (Å²) in [5, 5.41) is 0.901. The Morgan fingerprint density at radius 1 is 0.967 bits per heavy atom. The number of Topliss-reactive ketones (excluding diaryl/α,β-unsaturated/α-hetero) is 1. The van der Waals surface area contributed by atoms with E-state index in [1.807, 2.05) is 42.6 Å². The predicted octanol–water partition coefficient (Wildman–Crippen LogP) is 4.38. The van der Waals surface area contributed by atoms with Crippen LogP contribution in [0.5, 0.6) is 0 Å². The van der Waals surface area contributed by atoms with Crippen LogP contribution in [0.4, 0.5) is 5.69 Å². The molecular weight excluding hydrogens is 376 g/mol. The standard InChI is InChI=1S/C24H22N4O2/c1-14(29)17-6-4-5-7-18(17)21-13-27-23-19(21)11-16(12-26-23)15-8-9-22(25)20(10-15)24(30)28(2)3/h4-13H,25H2,1-3H3,(H,26,27). The zero-order valence-electron chi connectivity index (χ0n) is 17.1. The highest BCUT2D eigenvalue weighted by molar-refractivity contribution is 6.06. The van der Waals surface area contributed by atoms with Crippen LogP contribution < -0.4 is 5.73 Å². The molecule has 150 valence electrons. The number of nitrogens with one attached hydrogen (secondary N) is 1. The molecule has 0 bridgehead atoms. The number of hydrogen-bond donors (Lipinski definition) is 2. The summed E-state index contributed by atoms with van der Waals surface area (Å²) >= 11 is 0. The van der Waals surface area contributed by atoms with Crippen molar-refractivity contribution >= 4 is 28.4 Å². The van der Waals surface area contributed by atoms with E-state index in [1.54, 1.807) is 39.3 Å². The Kier molecular flexibility index (Phi) is 4.83. The first-order chi connectivity index (χ1) is 14.4. The van der Waals surface area contributed by atoms with Crippen LogP contribution in [-0.2, 0) is 0 Å². The van der Waals surface area contributed by atoms with Crippen molar-refractivity contribution in [2.75, 3.05) is 19.8 Å². The molecular formula is C24H22N4O2. The number of benzene rings is 2. The number of amides is 1. The van der Waals surface area contributed by atoms with Gasteiger partial charge in [0.25, 0.3) is 5.91 Å². The molecule has 3 N–H and O–H groups in total. The lowest BCUT2D eigenvalue weighted by atomic mass is 9.96. The van der Waals surface area contributed by atoms with Gasteiger partial charge < -0.3 is 15.6 Å². The SMILES string of the molecule is CC(=O)c1ccccc1-c1c[nH]c2ncc(-c3ccc(N)c(C(=O)N(C)C)c3)cc12. The summed E-state index contributed by atoms with van der Waals surface area (Å²) in [6, 6.07) is 14.9. The maximum Gasteiger partial charge on any atom is 0.255 e. The minimum Gasteiger partial charge on any atom is -0.398 e. The Labute approximate surface area is 174 Å². The van der Waals surface area contributed by atoms with Crippen molar-refractivity contribution in [1.82, 2.24) is 14.9 Å². The summed E-state index contributed by atoms with van der Waals surface area (Å²) in [4.78, 5) is 33.8. The molecule has 4 aromatic rings. The minimum atomic E-state index is -0.152. The van der Waals surface area contributed by atoms with Crippen molar-refractivity contribution in [3.05, 3.63) is 72.1 Å². The van der Waals surface area contributed by atoms with Crippen LogP contribution in [0, 0.1) is 0 Å². The molecule has 0 atom stereocenters. The number of ketones is 1. The normalized spacial score (nSPS) is 10.9. The molecule has 0 aliphatic heterocycles.